The molecule has 0 radical (unpaired) electrons. The molecular weight excluding hydrogens is 548 g/mol. The molecule has 0 bridgehead atoms. The molecule has 0 aliphatic carbocycles. The van der Waals surface area contributed by atoms with Crippen LogP contribution in [0.4, 0.5) is 0 Å². The van der Waals surface area contributed by atoms with Gasteiger partial charge in [-0.1, -0.05) is 0 Å². The highest BCUT2D eigenvalue weighted by Crippen LogP contribution is 2.35. The fraction of sp³-hybridized carbons (Fsp3) is 0.444. The Kier molecular flexibility index (Phi) is 8.20. The predicted molar refractivity (Wildman–Crippen MR) is 137 cm³/mol. The van der Waals surface area contributed by atoms with Crippen molar-refractivity contribution in [3.63, 3.8) is 0 Å². The highest BCUT2D eigenvalue weighted by atomic mass is 16.8. The van der Waals surface area contributed by atoms with E-state index in [2.05, 4.69) is 0 Å². The summed E-state index contributed by atoms with van der Waals surface area (Å²) in [5.74, 6) is -0.498. The molecule has 0 unspecified atom stereocenters. The number of ether oxygens (including phenoxy) is 4. The van der Waals surface area contributed by atoms with E-state index in [4.69, 9.17) is 23.4 Å². The van der Waals surface area contributed by atoms with Gasteiger partial charge in [-0.15, -0.1) is 0 Å². The van der Waals surface area contributed by atoms with Gasteiger partial charge in [0.2, 0.25) is 6.29 Å². The molecule has 3 heterocycles. The first-order valence-electron chi connectivity index (χ1n) is 12.7. The van der Waals surface area contributed by atoms with Crippen molar-refractivity contribution in [2.75, 3.05) is 6.61 Å². The van der Waals surface area contributed by atoms with Crippen molar-refractivity contribution in [2.45, 2.75) is 68.3 Å². The van der Waals surface area contributed by atoms with Crippen LogP contribution in [0.25, 0.3) is 22.3 Å². The molecule has 10 atom stereocenters. The Labute approximate surface area is 231 Å². The second-order valence-corrected chi connectivity index (χ2v) is 9.94. The van der Waals surface area contributed by atoms with E-state index in [9.17, 15) is 45.6 Å². The molecule has 2 aromatic carbocycles. The van der Waals surface area contributed by atoms with E-state index < -0.39 is 79.2 Å². The van der Waals surface area contributed by atoms with Crippen LogP contribution in [0.2, 0.25) is 0 Å². The van der Waals surface area contributed by atoms with Crippen molar-refractivity contribution in [1.82, 2.24) is 0 Å². The van der Waals surface area contributed by atoms with Crippen molar-refractivity contribution >= 4 is 11.0 Å². The van der Waals surface area contributed by atoms with Crippen molar-refractivity contribution in [3.05, 3.63) is 52.7 Å². The number of hydrogen-bond donors (Lipinski definition) is 8. The zero-order valence-corrected chi connectivity index (χ0v) is 21.5. The molecule has 2 aliphatic rings. The third kappa shape index (κ3) is 5.61. The first-order valence-corrected chi connectivity index (χ1v) is 12.7. The Morgan fingerprint density at radius 2 is 1.54 bits per heavy atom. The van der Waals surface area contributed by atoms with Gasteiger partial charge in [0.15, 0.2) is 17.8 Å². The standard InChI is InChI=1S/C27H30O14/c1-10-20(32)22(34)24(36)26(37-10)41-25-23(35)21(33)18(9-28)40-27(25)38-13-6-14(30)19-15(31)8-16(39-17(19)7-13)11-2-4-12(29)5-3-11/h2-8,10,18,20-30,32-36H,9H2,1H3/t10-,18-,20-,21+,22-,23+,24-,25+,26-,27-/m0/s1. The van der Waals surface area contributed by atoms with Crippen LogP contribution in [0.5, 0.6) is 17.2 Å². The number of aliphatic hydroxyl groups is 6. The second kappa shape index (κ2) is 11.5. The lowest BCUT2D eigenvalue weighted by atomic mass is 9.97. The Hall–Kier alpha value is -3.31. The van der Waals surface area contributed by atoms with Gasteiger partial charge in [-0.2, -0.15) is 0 Å². The fourth-order valence-corrected chi connectivity index (χ4v) is 4.79. The van der Waals surface area contributed by atoms with Gasteiger partial charge in [0.25, 0.3) is 0 Å². The summed E-state index contributed by atoms with van der Waals surface area (Å²) in [6.07, 6.45) is -15.3. The minimum Gasteiger partial charge on any atom is -0.508 e. The molecular formula is C27H30O14. The summed E-state index contributed by atoms with van der Waals surface area (Å²) in [7, 11) is 0. The Bertz CT molecular complexity index is 1420. The molecule has 3 aromatic rings. The number of phenolic OH excluding ortho intramolecular Hbond substituents is 2. The summed E-state index contributed by atoms with van der Waals surface area (Å²) in [6, 6.07) is 9.38. The minimum absolute atomic E-state index is 0.00857. The molecule has 41 heavy (non-hydrogen) atoms. The number of phenols is 2. The quantitative estimate of drug-likeness (QED) is 0.174. The third-order valence-electron chi connectivity index (χ3n) is 7.11. The first-order chi connectivity index (χ1) is 19.5. The number of hydrogen-bond acceptors (Lipinski definition) is 14. The van der Waals surface area contributed by atoms with Gasteiger partial charge in [-0.25, -0.2) is 0 Å². The summed E-state index contributed by atoms with van der Waals surface area (Å²) in [4.78, 5) is 12.8. The van der Waals surface area contributed by atoms with E-state index in [-0.39, 0.29) is 28.2 Å². The third-order valence-corrected chi connectivity index (χ3v) is 7.11. The van der Waals surface area contributed by atoms with E-state index in [1.54, 1.807) is 0 Å². The van der Waals surface area contributed by atoms with Gasteiger partial charge in [-0.3, -0.25) is 4.79 Å². The number of aliphatic hydroxyl groups excluding tert-OH is 6. The molecule has 2 aliphatic heterocycles. The summed E-state index contributed by atoms with van der Waals surface area (Å²) >= 11 is 0. The molecule has 2 saturated heterocycles. The van der Waals surface area contributed by atoms with E-state index >= 15 is 0 Å². The average Bonchev–Trinajstić information content (AvgIpc) is 2.94. The van der Waals surface area contributed by atoms with Crippen LogP contribution in [-0.4, -0.2) is 109 Å². The van der Waals surface area contributed by atoms with E-state index in [1.807, 2.05) is 0 Å². The van der Waals surface area contributed by atoms with Crippen LogP contribution in [0.3, 0.4) is 0 Å². The van der Waals surface area contributed by atoms with Gasteiger partial charge < -0.3 is 64.2 Å². The van der Waals surface area contributed by atoms with Crippen LogP contribution in [0.15, 0.2) is 51.7 Å². The predicted octanol–water partition coefficient (Wildman–Crippen LogP) is -1.10. The molecule has 8 N–H and O–H groups in total. The van der Waals surface area contributed by atoms with Gasteiger partial charge in [0.05, 0.1) is 12.7 Å². The zero-order valence-electron chi connectivity index (χ0n) is 21.5. The second-order valence-electron chi connectivity index (χ2n) is 9.94. The van der Waals surface area contributed by atoms with E-state index in [0.29, 0.717) is 5.56 Å². The van der Waals surface area contributed by atoms with E-state index in [1.165, 1.54) is 43.3 Å². The van der Waals surface area contributed by atoms with Crippen molar-refractivity contribution in [2.24, 2.45) is 0 Å². The zero-order chi connectivity index (χ0) is 29.6. The van der Waals surface area contributed by atoms with E-state index in [0.717, 1.165) is 6.07 Å². The minimum atomic E-state index is -1.76. The maximum Gasteiger partial charge on any atom is 0.229 e. The smallest absolute Gasteiger partial charge is 0.229 e. The molecule has 0 amide bonds. The van der Waals surface area contributed by atoms with Crippen LogP contribution in [-0.2, 0) is 14.2 Å². The van der Waals surface area contributed by atoms with Crippen molar-refractivity contribution < 1.29 is 64.2 Å². The number of benzene rings is 2. The molecule has 14 nitrogen and oxygen atoms in total. The average molecular weight is 579 g/mol. The monoisotopic (exact) mass is 578 g/mol. The Morgan fingerprint density at radius 1 is 0.829 bits per heavy atom. The SMILES string of the molecule is C[C@@H]1O[C@@H](O[C@H]2[C@@H](Oc3cc(O)c4c(=O)cc(-c5ccc(O)cc5)oc4c3)O[C@@H](CO)[C@@H](O)[C@H]2O)[C@@H](O)[C@@H](O)[C@H]1O. The van der Waals surface area contributed by atoms with Crippen molar-refractivity contribution in [3.8, 4) is 28.6 Å². The Balaban J connectivity index is 1.47. The van der Waals surface area contributed by atoms with Gasteiger partial charge in [0.1, 0.15) is 70.6 Å². The number of fused-ring (bicyclic) bond motifs is 1. The van der Waals surface area contributed by atoms with Gasteiger partial charge in [-0.05, 0) is 31.2 Å². The molecule has 0 saturated carbocycles. The molecule has 2 fully saturated rings. The molecule has 14 heteroatoms. The van der Waals surface area contributed by atoms with Gasteiger partial charge in [0, 0.05) is 23.8 Å². The maximum absolute atomic E-state index is 12.8. The topological polar surface area (TPSA) is 229 Å². The molecule has 5 rings (SSSR count). The van der Waals surface area contributed by atoms with Crippen LogP contribution < -0.4 is 10.2 Å². The summed E-state index contributed by atoms with van der Waals surface area (Å²) < 4.78 is 28.4. The molecule has 0 spiro atoms. The highest BCUT2D eigenvalue weighted by Gasteiger charge is 2.50. The van der Waals surface area contributed by atoms with Gasteiger partial charge >= 0.3 is 0 Å². The lowest BCUT2D eigenvalue weighted by molar-refractivity contribution is -0.354. The van der Waals surface area contributed by atoms with Crippen LogP contribution in [0, 0.1) is 0 Å². The normalized spacial score (nSPS) is 34.0. The largest absolute Gasteiger partial charge is 0.508 e. The summed E-state index contributed by atoms with van der Waals surface area (Å²) in [6.45, 7) is 0.704. The Morgan fingerprint density at radius 3 is 2.22 bits per heavy atom. The summed E-state index contributed by atoms with van der Waals surface area (Å²) in [5, 5.41) is 81.4. The fourth-order valence-electron chi connectivity index (χ4n) is 4.79. The van der Waals surface area contributed by atoms with Crippen LogP contribution in [0.1, 0.15) is 6.92 Å². The maximum atomic E-state index is 12.8. The van der Waals surface area contributed by atoms with Crippen molar-refractivity contribution in [1.29, 1.82) is 0 Å². The highest BCUT2D eigenvalue weighted by molar-refractivity contribution is 5.86. The molecule has 222 valence electrons. The lowest BCUT2D eigenvalue weighted by Crippen LogP contribution is -2.64. The number of aromatic hydroxyl groups is 2. The molecule has 1 aromatic heterocycles. The lowest BCUT2D eigenvalue weighted by Gasteiger charge is -2.45. The first kappa shape index (κ1) is 29.2. The summed E-state index contributed by atoms with van der Waals surface area (Å²) in [5.41, 5.74) is -0.182. The van der Waals surface area contributed by atoms with Crippen LogP contribution >= 0.6 is 0 Å². The number of rotatable bonds is 6.